The summed E-state index contributed by atoms with van der Waals surface area (Å²) in [6.45, 7) is 2.57. The fraction of sp³-hybridized carbons (Fsp3) is 0.286. The molecule has 0 unspecified atom stereocenters. The number of rotatable bonds is 4. The quantitative estimate of drug-likeness (QED) is 0.928. The first-order valence-corrected chi connectivity index (χ1v) is 9.17. The van der Waals surface area contributed by atoms with Crippen molar-refractivity contribution in [2.45, 2.75) is 18.2 Å². The third kappa shape index (κ3) is 2.84. The lowest BCUT2D eigenvalue weighted by Crippen LogP contribution is -2.26. The first kappa shape index (κ1) is 15.0. The molecule has 1 aliphatic heterocycles. The Labute approximate surface area is 132 Å². The second-order valence-corrected chi connectivity index (χ2v) is 7.69. The zero-order valence-electron chi connectivity index (χ0n) is 11.9. The van der Waals surface area contributed by atoms with Crippen molar-refractivity contribution >= 4 is 38.1 Å². The summed E-state index contributed by atoms with van der Waals surface area (Å²) >= 11 is 1.21. The van der Waals surface area contributed by atoms with E-state index in [0.29, 0.717) is 11.7 Å². The van der Waals surface area contributed by atoms with Crippen LogP contribution in [0.4, 0.5) is 10.8 Å². The fourth-order valence-electron chi connectivity index (χ4n) is 2.33. The predicted octanol–water partition coefficient (Wildman–Crippen LogP) is 2.32. The van der Waals surface area contributed by atoms with Crippen molar-refractivity contribution in [2.24, 2.45) is 5.92 Å². The molecule has 1 fully saturated rings. The minimum absolute atomic E-state index is 0.0231. The Kier molecular flexibility index (Phi) is 3.88. The number of sulfonamides is 1. The minimum atomic E-state index is -3.65. The predicted molar refractivity (Wildman–Crippen MR) is 85.5 cm³/mol. The van der Waals surface area contributed by atoms with Crippen LogP contribution in [0.1, 0.15) is 13.3 Å². The van der Waals surface area contributed by atoms with Gasteiger partial charge in [0, 0.05) is 29.7 Å². The molecule has 22 heavy (non-hydrogen) atoms. The van der Waals surface area contributed by atoms with E-state index in [2.05, 4.69) is 9.71 Å². The second-order valence-electron chi connectivity index (χ2n) is 5.12. The first-order valence-electron chi connectivity index (χ1n) is 6.81. The van der Waals surface area contributed by atoms with E-state index in [4.69, 9.17) is 0 Å². The van der Waals surface area contributed by atoms with Gasteiger partial charge in [-0.1, -0.05) is 6.92 Å². The maximum absolute atomic E-state index is 12.2. The Balaban J connectivity index is 1.81. The standard InChI is InChI=1S/C14H15N3O3S2/c1-10-6-8-17(13(10)18)11-2-4-12(5-3-11)22(19,20)16-14-15-7-9-21-14/h2-5,7,9-10H,6,8H2,1H3,(H,15,16)/t10-/m0/s1. The molecule has 1 N–H and O–H groups in total. The van der Waals surface area contributed by atoms with E-state index < -0.39 is 10.0 Å². The number of carbonyl (C=O) groups is 1. The summed E-state index contributed by atoms with van der Waals surface area (Å²) in [4.78, 5) is 17.7. The van der Waals surface area contributed by atoms with Crippen molar-refractivity contribution in [3.8, 4) is 0 Å². The summed E-state index contributed by atoms with van der Waals surface area (Å²) in [6, 6.07) is 6.32. The van der Waals surface area contributed by atoms with Gasteiger partial charge in [-0.15, -0.1) is 11.3 Å². The van der Waals surface area contributed by atoms with E-state index in [1.54, 1.807) is 22.4 Å². The molecule has 1 aliphatic rings. The van der Waals surface area contributed by atoms with Crippen molar-refractivity contribution in [2.75, 3.05) is 16.2 Å². The molecule has 0 saturated carbocycles. The summed E-state index contributed by atoms with van der Waals surface area (Å²) in [7, 11) is -3.65. The molecule has 0 radical (unpaired) electrons. The molecule has 1 aromatic carbocycles. The molecule has 1 aromatic heterocycles. The van der Waals surface area contributed by atoms with Crippen LogP contribution >= 0.6 is 11.3 Å². The van der Waals surface area contributed by atoms with Crippen molar-refractivity contribution < 1.29 is 13.2 Å². The Bertz CT molecular complexity index is 770. The van der Waals surface area contributed by atoms with Crippen LogP contribution in [0, 0.1) is 5.92 Å². The molecule has 1 amide bonds. The lowest BCUT2D eigenvalue weighted by atomic mass is 10.1. The van der Waals surface area contributed by atoms with Crippen molar-refractivity contribution in [3.05, 3.63) is 35.8 Å². The van der Waals surface area contributed by atoms with Gasteiger partial charge >= 0.3 is 0 Å². The largest absolute Gasteiger partial charge is 0.312 e. The van der Waals surface area contributed by atoms with Gasteiger partial charge in [-0.3, -0.25) is 9.52 Å². The number of hydrogen-bond donors (Lipinski definition) is 1. The SMILES string of the molecule is C[C@H]1CCN(c2ccc(S(=O)(=O)Nc3nccs3)cc2)C1=O. The van der Waals surface area contributed by atoms with Crippen molar-refractivity contribution in [1.82, 2.24) is 4.98 Å². The Hall–Kier alpha value is -1.93. The van der Waals surface area contributed by atoms with E-state index in [0.717, 1.165) is 12.1 Å². The van der Waals surface area contributed by atoms with Crippen molar-refractivity contribution in [1.29, 1.82) is 0 Å². The lowest BCUT2D eigenvalue weighted by molar-refractivity contribution is -0.119. The maximum Gasteiger partial charge on any atom is 0.263 e. The van der Waals surface area contributed by atoms with E-state index in [1.165, 1.54) is 29.7 Å². The van der Waals surface area contributed by atoms with Gasteiger partial charge in [0.25, 0.3) is 10.0 Å². The van der Waals surface area contributed by atoms with Crippen LogP contribution in [0.3, 0.4) is 0 Å². The summed E-state index contributed by atoms with van der Waals surface area (Å²) in [5, 5.41) is 2.02. The topological polar surface area (TPSA) is 79.4 Å². The molecular formula is C14H15N3O3S2. The van der Waals surface area contributed by atoms with Crippen LogP contribution in [0.2, 0.25) is 0 Å². The molecule has 116 valence electrons. The van der Waals surface area contributed by atoms with Gasteiger partial charge in [-0.2, -0.15) is 0 Å². The third-order valence-corrected chi connectivity index (χ3v) is 5.76. The first-order chi connectivity index (χ1) is 10.5. The maximum atomic E-state index is 12.2. The molecule has 0 spiro atoms. The molecule has 8 heteroatoms. The van der Waals surface area contributed by atoms with Gasteiger partial charge in [-0.05, 0) is 30.7 Å². The summed E-state index contributed by atoms with van der Waals surface area (Å²) in [5.74, 6) is 0.103. The van der Waals surface area contributed by atoms with Crippen molar-refractivity contribution in [3.63, 3.8) is 0 Å². The monoisotopic (exact) mass is 337 g/mol. The van der Waals surface area contributed by atoms with Gasteiger partial charge < -0.3 is 4.90 Å². The number of nitrogens with one attached hydrogen (secondary N) is 1. The molecular weight excluding hydrogens is 322 g/mol. The second kappa shape index (κ2) is 5.69. The normalized spacial score (nSPS) is 18.7. The van der Waals surface area contributed by atoms with Crippen LogP contribution in [0.5, 0.6) is 0 Å². The highest BCUT2D eigenvalue weighted by atomic mass is 32.2. The Morgan fingerprint density at radius 3 is 2.59 bits per heavy atom. The van der Waals surface area contributed by atoms with E-state index in [1.807, 2.05) is 6.92 Å². The summed E-state index contributed by atoms with van der Waals surface area (Å²) in [6.07, 6.45) is 2.36. The summed E-state index contributed by atoms with van der Waals surface area (Å²) < 4.78 is 26.9. The van der Waals surface area contributed by atoms with E-state index in [-0.39, 0.29) is 16.7 Å². The third-order valence-electron chi connectivity index (χ3n) is 3.59. The zero-order chi connectivity index (χ0) is 15.7. The van der Waals surface area contributed by atoms with E-state index in [9.17, 15) is 13.2 Å². The average Bonchev–Trinajstić information content (AvgIpc) is 3.10. The average molecular weight is 337 g/mol. The summed E-state index contributed by atoms with van der Waals surface area (Å²) in [5.41, 5.74) is 0.725. The highest BCUT2D eigenvalue weighted by Crippen LogP contribution is 2.26. The highest BCUT2D eigenvalue weighted by Gasteiger charge is 2.29. The number of amides is 1. The molecule has 0 aliphatic carbocycles. The number of aromatic nitrogens is 1. The number of hydrogen-bond acceptors (Lipinski definition) is 5. The van der Waals surface area contributed by atoms with Gasteiger partial charge in [0.05, 0.1) is 4.90 Å². The number of nitrogens with zero attached hydrogens (tertiary/aromatic N) is 2. The molecule has 1 saturated heterocycles. The highest BCUT2D eigenvalue weighted by molar-refractivity contribution is 7.93. The Morgan fingerprint density at radius 2 is 2.05 bits per heavy atom. The van der Waals surface area contributed by atoms with Gasteiger partial charge in [0.1, 0.15) is 0 Å². The number of thiazole rings is 1. The number of benzene rings is 1. The molecule has 1 atom stereocenters. The molecule has 3 rings (SSSR count). The lowest BCUT2D eigenvalue weighted by Gasteiger charge is -2.16. The van der Waals surface area contributed by atoms with Gasteiger partial charge in [-0.25, -0.2) is 13.4 Å². The molecule has 0 bridgehead atoms. The number of anilines is 2. The van der Waals surface area contributed by atoms with Crippen LogP contribution in [-0.2, 0) is 14.8 Å². The van der Waals surface area contributed by atoms with Crippen LogP contribution < -0.4 is 9.62 Å². The number of carbonyl (C=O) groups excluding carboxylic acids is 1. The molecule has 2 heterocycles. The smallest absolute Gasteiger partial charge is 0.263 e. The zero-order valence-corrected chi connectivity index (χ0v) is 13.5. The fourth-order valence-corrected chi connectivity index (χ4v) is 4.12. The van der Waals surface area contributed by atoms with Crippen LogP contribution in [0.25, 0.3) is 0 Å². The van der Waals surface area contributed by atoms with Gasteiger partial charge in [0.2, 0.25) is 5.91 Å². The van der Waals surface area contributed by atoms with Crippen LogP contribution in [-0.4, -0.2) is 25.9 Å². The van der Waals surface area contributed by atoms with E-state index >= 15 is 0 Å². The molecule has 2 aromatic rings. The van der Waals surface area contributed by atoms with Crippen LogP contribution in [0.15, 0.2) is 40.7 Å². The van der Waals surface area contributed by atoms with Gasteiger partial charge in [0.15, 0.2) is 5.13 Å². The Morgan fingerprint density at radius 1 is 1.32 bits per heavy atom. The minimum Gasteiger partial charge on any atom is -0.312 e. The molecule has 6 nitrogen and oxygen atoms in total.